The minimum Gasteiger partial charge on any atom is -0.481 e. The summed E-state index contributed by atoms with van der Waals surface area (Å²) in [6, 6.07) is 10.8. The first kappa shape index (κ1) is 22.2. The van der Waals surface area contributed by atoms with Crippen LogP contribution >= 0.6 is 34.9 Å². The van der Waals surface area contributed by atoms with Crippen LogP contribution in [0.4, 0.5) is 5.69 Å². The van der Waals surface area contributed by atoms with E-state index in [1.807, 2.05) is 24.3 Å². The van der Waals surface area contributed by atoms with Crippen LogP contribution in [-0.4, -0.2) is 45.4 Å². The average molecular weight is 467 g/mol. The average Bonchev–Trinajstić information content (AvgIpc) is 3.41. The van der Waals surface area contributed by atoms with E-state index in [4.69, 9.17) is 34.0 Å². The molecule has 0 radical (unpaired) electrons. The molecule has 0 saturated carbocycles. The van der Waals surface area contributed by atoms with Crippen LogP contribution in [0.1, 0.15) is 17.9 Å². The smallest absolute Gasteiger partial charge is 0.304 e. The van der Waals surface area contributed by atoms with Gasteiger partial charge < -0.3 is 21.5 Å². The van der Waals surface area contributed by atoms with Crippen molar-refractivity contribution in [1.29, 1.82) is 0 Å². The third-order valence-electron chi connectivity index (χ3n) is 4.34. The molecular weight excluding hydrogens is 447 g/mol. The molecule has 11 heteroatoms. The van der Waals surface area contributed by atoms with E-state index in [1.54, 1.807) is 12.1 Å². The number of hydrogen-bond acceptors (Lipinski definition) is 8. The van der Waals surface area contributed by atoms with Gasteiger partial charge in [0.05, 0.1) is 35.4 Å². The van der Waals surface area contributed by atoms with Gasteiger partial charge in [0.25, 0.3) is 0 Å². The summed E-state index contributed by atoms with van der Waals surface area (Å²) in [6.07, 6.45) is 0.0537. The van der Waals surface area contributed by atoms with Crippen LogP contribution in [0.5, 0.6) is 0 Å². The van der Waals surface area contributed by atoms with Gasteiger partial charge in [0.2, 0.25) is 0 Å². The fourth-order valence-electron chi connectivity index (χ4n) is 2.83. The maximum atomic E-state index is 10.5. The number of hydrogen-bond donors (Lipinski definition) is 4. The van der Waals surface area contributed by atoms with Crippen molar-refractivity contribution in [3.63, 3.8) is 0 Å². The monoisotopic (exact) mass is 466 g/mol. The van der Waals surface area contributed by atoms with Crippen LogP contribution in [-0.2, 0) is 4.79 Å². The van der Waals surface area contributed by atoms with Crippen LogP contribution < -0.4 is 16.4 Å². The lowest BCUT2D eigenvalue weighted by molar-refractivity contribution is -0.137. The van der Waals surface area contributed by atoms with Crippen LogP contribution in [0.15, 0.2) is 41.4 Å². The predicted octanol–water partition coefficient (Wildman–Crippen LogP) is 3.57. The molecule has 0 bridgehead atoms. The van der Waals surface area contributed by atoms with Crippen molar-refractivity contribution in [1.82, 2.24) is 14.1 Å². The SMILES string of the molecule is Clc1ccc2nsnc2c1NC1=NCCN1.NCC(CC(=O)O)c1ccc(Cl)cc1. The fourth-order valence-corrected chi connectivity index (χ4v) is 3.70. The molecule has 1 unspecified atom stereocenters. The lowest BCUT2D eigenvalue weighted by Crippen LogP contribution is -2.26. The minimum absolute atomic E-state index is 0.0537. The lowest BCUT2D eigenvalue weighted by atomic mass is 9.96. The molecule has 1 aromatic heterocycles. The summed E-state index contributed by atoms with van der Waals surface area (Å²) in [5, 5.41) is 16.2. The molecule has 1 aliphatic rings. The summed E-state index contributed by atoms with van der Waals surface area (Å²) < 4.78 is 8.39. The zero-order valence-corrected chi connectivity index (χ0v) is 18.1. The first-order valence-electron chi connectivity index (χ1n) is 9.11. The van der Waals surface area contributed by atoms with Gasteiger partial charge in [-0.2, -0.15) is 8.75 Å². The van der Waals surface area contributed by atoms with Gasteiger partial charge in [-0.05, 0) is 36.4 Å². The predicted molar refractivity (Wildman–Crippen MR) is 122 cm³/mol. The molecule has 2 heterocycles. The Bertz CT molecular complexity index is 1040. The number of benzene rings is 2. The van der Waals surface area contributed by atoms with E-state index in [0.29, 0.717) is 16.6 Å². The summed E-state index contributed by atoms with van der Waals surface area (Å²) in [4.78, 5) is 14.8. The number of anilines is 1. The van der Waals surface area contributed by atoms with Crippen molar-refractivity contribution in [2.24, 2.45) is 10.7 Å². The Morgan fingerprint density at radius 3 is 2.63 bits per heavy atom. The number of carbonyl (C=O) groups is 1. The van der Waals surface area contributed by atoms with E-state index in [2.05, 4.69) is 24.4 Å². The molecule has 0 saturated heterocycles. The molecule has 30 heavy (non-hydrogen) atoms. The normalized spacial score (nSPS) is 13.8. The number of nitrogens with two attached hydrogens (primary N) is 1. The summed E-state index contributed by atoms with van der Waals surface area (Å²) in [5.74, 6) is -0.234. The number of aliphatic imine (C=N–C) groups is 1. The van der Waals surface area contributed by atoms with Crippen molar-refractivity contribution in [2.45, 2.75) is 12.3 Å². The highest BCUT2D eigenvalue weighted by atomic mass is 35.5. The summed E-state index contributed by atoms with van der Waals surface area (Å²) >= 11 is 13.0. The Kier molecular flexibility index (Phi) is 7.81. The van der Waals surface area contributed by atoms with Gasteiger partial charge >= 0.3 is 5.97 Å². The van der Waals surface area contributed by atoms with Crippen molar-refractivity contribution >= 4 is 63.6 Å². The molecule has 3 aromatic rings. The quantitative estimate of drug-likeness (QED) is 0.452. The van der Waals surface area contributed by atoms with E-state index >= 15 is 0 Å². The number of rotatable bonds is 5. The number of halogens is 2. The third kappa shape index (κ3) is 5.79. The molecular formula is C19H20Cl2N6O2S. The van der Waals surface area contributed by atoms with Crippen LogP contribution in [0.2, 0.25) is 10.0 Å². The Morgan fingerprint density at radius 1 is 1.23 bits per heavy atom. The number of aliphatic carboxylic acids is 1. The number of nitrogens with zero attached hydrogens (tertiary/aromatic N) is 3. The molecule has 5 N–H and O–H groups in total. The maximum absolute atomic E-state index is 10.5. The van der Waals surface area contributed by atoms with Gasteiger partial charge in [-0.3, -0.25) is 9.79 Å². The number of carboxylic acid groups (broad SMARTS) is 1. The second kappa shape index (κ2) is 10.5. The first-order chi connectivity index (χ1) is 14.5. The fraction of sp³-hybridized carbons (Fsp3) is 0.263. The molecule has 0 fully saturated rings. The molecule has 0 spiro atoms. The van der Waals surface area contributed by atoms with Crippen LogP contribution in [0, 0.1) is 0 Å². The second-order valence-electron chi connectivity index (χ2n) is 6.42. The summed E-state index contributed by atoms with van der Waals surface area (Å²) in [5.41, 5.74) is 8.80. The zero-order chi connectivity index (χ0) is 21.5. The van der Waals surface area contributed by atoms with Crippen molar-refractivity contribution in [3.8, 4) is 0 Å². The molecule has 0 amide bonds. The topological polar surface area (TPSA) is 126 Å². The number of fused-ring (bicyclic) bond motifs is 1. The zero-order valence-electron chi connectivity index (χ0n) is 15.8. The van der Waals surface area contributed by atoms with Gasteiger partial charge in [-0.25, -0.2) is 0 Å². The van der Waals surface area contributed by atoms with E-state index in [1.165, 1.54) is 11.7 Å². The van der Waals surface area contributed by atoms with Crippen LogP contribution in [0.25, 0.3) is 11.0 Å². The molecule has 158 valence electrons. The van der Waals surface area contributed by atoms with E-state index in [-0.39, 0.29) is 12.3 Å². The van der Waals surface area contributed by atoms with Crippen LogP contribution in [0.3, 0.4) is 0 Å². The highest BCUT2D eigenvalue weighted by molar-refractivity contribution is 7.00. The molecule has 1 atom stereocenters. The first-order valence-corrected chi connectivity index (χ1v) is 10.6. The largest absolute Gasteiger partial charge is 0.481 e. The van der Waals surface area contributed by atoms with Gasteiger partial charge in [0.15, 0.2) is 5.96 Å². The molecule has 2 aromatic carbocycles. The highest BCUT2D eigenvalue weighted by Gasteiger charge is 2.14. The molecule has 1 aliphatic heterocycles. The van der Waals surface area contributed by atoms with Crippen molar-refractivity contribution < 1.29 is 9.90 Å². The Labute approximate surface area is 187 Å². The Balaban J connectivity index is 0.000000173. The molecule has 0 aliphatic carbocycles. The number of guanidine groups is 1. The maximum Gasteiger partial charge on any atom is 0.304 e. The third-order valence-corrected chi connectivity index (χ3v) is 5.45. The number of aromatic nitrogens is 2. The standard InChI is InChI=1S/C10H12ClNO2.C9H8ClN5S/c11-9-3-1-7(2-4-9)8(6-12)5-10(13)14;10-5-1-2-6-8(15-16-14-6)7(5)13-9-11-3-4-12-9/h1-4,8H,5-6,12H2,(H,13,14);1-2H,3-4H2,(H2,11,12,13). The van der Waals surface area contributed by atoms with Gasteiger partial charge in [0.1, 0.15) is 11.0 Å². The van der Waals surface area contributed by atoms with Crippen molar-refractivity contribution in [3.05, 3.63) is 52.0 Å². The summed E-state index contributed by atoms with van der Waals surface area (Å²) in [6.45, 7) is 1.96. The summed E-state index contributed by atoms with van der Waals surface area (Å²) in [7, 11) is 0. The van der Waals surface area contributed by atoms with Gasteiger partial charge in [-0.15, -0.1) is 0 Å². The second-order valence-corrected chi connectivity index (χ2v) is 7.79. The van der Waals surface area contributed by atoms with E-state index in [9.17, 15) is 4.79 Å². The van der Waals surface area contributed by atoms with Gasteiger partial charge in [0, 0.05) is 17.5 Å². The Morgan fingerprint density at radius 2 is 2.00 bits per heavy atom. The van der Waals surface area contributed by atoms with Gasteiger partial charge in [-0.1, -0.05) is 35.3 Å². The van der Waals surface area contributed by atoms with E-state index in [0.717, 1.165) is 41.3 Å². The number of carboxylic acids is 1. The molecule has 8 nitrogen and oxygen atoms in total. The molecule has 4 rings (SSSR count). The lowest BCUT2D eigenvalue weighted by Gasteiger charge is -2.12. The van der Waals surface area contributed by atoms with Crippen molar-refractivity contribution in [2.75, 3.05) is 25.0 Å². The number of nitrogens with one attached hydrogen (secondary N) is 2. The highest BCUT2D eigenvalue weighted by Crippen LogP contribution is 2.29. The Hall–Kier alpha value is -2.46. The van der Waals surface area contributed by atoms with E-state index < -0.39 is 5.97 Å². The minimum atomic E-state index is -0.838.